The van der Waals surface area contributed by atoms with E-state index >= 15 is 0 Å². The number of H-pyrrole nitrogens is 1. The first-order chi connectivity index (χ1) is 7.09. The third-order valence-electron chi connectivity index (χ3n) is 2.11. The summed E-state index contributed by atoms with van der Waals surface area (Å²) < 4.78 is 27.3. The zero-order chi connectivity index (χ0) is 11.0. The van der Waals surface area contributed by atoms with Gasteiger partial charge in [-0.15, -0.1) is 0 Å². The van der Waals surface area contributed by atoms with Crippen molar-refractivity contribution in [2.45, 2.75) is 0 Å². The van der Waals surface area contributed by atoms with Crippen molar-refractivity contribution >= 4 is 0 Å². The van der Waals surface area contributed by atoms with Crippen molar-refractivity contribution in [3.63, 3.8) is 0 Å². The molecule has 0 fully saturated rings. The van der Waals surface area contributed by atoms with Gasteiger partial charge < -0.3 is 0 Å². The molecule has 0 saturated carbocycles. The van der Waals surface area contributed by atoms with Gasteiger partial charge in [0.05, 0.1) is 0 Å². The van der Waals surface area contributed by atoms with Crippen LogP contribution >= 0.6 is 0 Å². The number of hydrogen-bond donors (Lipinski definition) is 1. The fourth-order valence-corrected chi connectivity index (χ4v) is 1.41. The van der Waals surface area contributed by atoms with Crippen LogP contribution in [0.5, 0.6) is 0 Å². The van der Waals surface area contributed by atoms with E-state index in [1.54, 1.807) is 0 Å². The van der Waals surface area contributed by atoms with Gasteiger partial charge in [0.1, 0.15) is 11.4 Å². The molecule has 15 heavy (non-hydrogen) atoms. The van der Waals surface area contributed by atoms with Crippen molar-refractivity contribution in [1.29, 1.82) is 0 Å². The molecule has 78 valence electrons. The number of aryl methyl sites for hydroxylation is 1. The first-order valence-electron chi connectivity index (χ1n) is 4.30. The van der Waals surface area contributed by atoms with E-state index in [4.69, 9.17) is 0 Å². The molecule has 0 aliphatic carbocycles. The highest BCUT2D eigenvalue weighted by Gasteiger charge is 2.14. The lowest BCUT2D eigenvalue weighted by Gasteiger charge is -1.97. The number of aromatic amines is 1. The van der Waals surface area contributed by atoms with Gasteiger partial charge in [-0.1, -0.05) is 12.1 Å². The predicted molar refractivity (Wildman–Crippen MR) is 51.4 cm³/mol. The summed E-state index contributed by atoms with van der Waals surface area (Å²) >= 11 is 0. The van der Waals surface area contributed by atoms with Gasteiger partial charge in [0.2, 0.25) is 5.95 Å². The molecule has 0 atom stereocenters. The molecule has 0 bridgehead atoms. The topological polar surface area (TPSA) is 37.8 Å². The van der Waals surface area contributed by atoms with Crippen LogP contribution in [0.3, 0.4) is 0 Å². The van der Waals surface area contributed by atoms with Crippen LogP contribution in [0.15, 0.2) is 29.1 Å². The number of hydrogen-bond acceptors (Lipinski definition) is 1. The summed E-state index contributed by atoms with van der Waals surface area (Å²) in [7, 11) is 1.37. The average Bonchev–Trinajstić information content (AvgIpc) is 2.41. The van der Waals surface area contributed by atoms with E-state index in [0.29, 0.717) is 0 Å². The maximum atomic E-state index is 13.4. The van der Waals surface area contributed by atoms with E-state index in [0.717, 1.165) is 10.7 Å². The molecule has 0 amide bonds. The molecule has 2 rings (SSSR count). The molecule has 0 aliphatic heterocycles. The molecule has 0 saturated heterocycles. The number of nitrogens with one attached hydrogen (secondary N) is 1. The van der Waals surface area contributed by atoms with Crippen molar-refractivity contribution in [3.05, 3.63) is 46.4 Å². The molecule has 0 aliphatic rings. The van der Waals surface area contributed by atoms with Crippen molar-refractivity contribution in [1.82, 2.24) is 9.78 Å². The van der Waals surface area contributed by atoms with Crippen molar-refractivity contribution in [3.8, 4) is 11.1 Å². The maximum absolute atomic E-state index is 13.4. The SMILES string of the molecule is Cn1[nH]c(=O)c(-c2cccc(F)c2)c1F. The van der Waals surface area contributed by atoms with Crippen LogP contribution < -0.4 is 5.56 Å². The number of benzene rings is 1. The molecule has 1 aromatic heterocycles. The lowest BCUT2D eigenvalue weighted by molar-refractivity contribution is 0.505. The standard InChI is InChI=1S/C10H8F2N2O/c1-14-9(12)8(10(15)13-14)6-3-2-4-7(11)5-6/h2-5H,1H3,(H,13,15). The van der Waals surface area contributed by atoms with Crippen LogP contribution in [0.1, 0.15) is 0 Å². The highest BCUT2D eigenvalue weighted by Crippen LogP contribution is 2.18. The number of rotatable bonds is 1. The lowest BCUT2D eigenvalue weighted by Crippen LogP contribution is -2.03. The fourth-order valence-electron chi connectivity index (χ4n) is 1.41. The third kappa shape index (κ3) is 1.56. The van der Waals surface area contributed by atoms with E-state index in [1.165, 1.54) is 25.2 Å². The molecule has 1 aromatic carbocycles. The van der Waals surface area contributed by atoms with Crippen LogP contribution in [-0.4, -0.2) is 9.78 Å². The monoisotopic (exact) mass is 210 g/mol. The van der Waals surface area contributed by atoms with Gasteiger partial charge in [-0.25, -0.2) is 4.39 Å². The number of nitrogens with zero attached hydrogens (tertiary/aromatic N) is 1. The van der Waals surface area contributed by atoms with E-state index in [1.807, 2.05) is 0 Å². The molecule has 3 nitrogen and oxygen atoms in total. The summed E-state index contributed by atoms with van der Waals surface area (Å²) in [6.45, 7) is 0. The highest BCUT2D eigenvalue weighted by atomic mass is 19.1. The summed E-state index contributed by atoms with van der Waals surface area (Å²) in [5.41, 5.74) is -0.480. The predicted octanol–water partition coefficient (Wildman–Crippen LogP) is 1.66. The Bertz CT molecular complexity index is 557. The van der Waals surface area contributed by atoms with Gasteiger partial charge in [-0.05, 0) is 17.7 Å². The van der Waals surface area contributed by atoms with E-state index in [9.17, 15) is 13.6 Å². The number of halogens is 2. The molecular formula is C10H8F2N2O. The van der Waals surface area contributed by atoms with Gasteiger partial charge in [-0.2, -0.15) is 4.39 Å². The van der Waals surface area contributed by atoms with Gasteiger partial charge in [0, 0.05) is 7.05 Å². The normalized spacial score (nSPS) is 10.6. The molecule has 0 unspecified atom stereocenters. The first-order valence-corrected chi connectivity index (χ1v) is 4.30. The molecule has 1 N–H and O–H groups in total. The Labute approximate surface area is 84.0 Å². The van der Waals surface area contributed by atoms with Crippen molar-refractivity contribution in [2.75, 3.05) is 0 Å². The Hall–Kier alpha value is -1.91. The highest BCUT2D eigenvalue weighted by molar-refractivity contribution is 5.62. The number of aromatic nitrogens is 2. The zero-order valence-electron chi connectivity index (χ0n) is 7.92. The van der Waals surface area contributed by atoms with Gasteiger partial charge in [0.25, 0.3) is 5.56 Å². The van der Waals surface area contributed by atoms with E-state index in [-0.39, 0.29) is 11.1 Å². The van der Waals surface area contributed by atoms with Crippen LogP contribution in [0.4, 0.5) is 8.78 Å². The summed E-state index contributed by atoms with van der Waals surface area (Å²) in [5, 5.41) is 2.26. The lowest BCUT2D eigenvalue weighted by atomic mass is 10.1. The average molecular weight is 210 g/mol. The minimum Gasteiger partial charge on any atom is -0.267 e. The van der Waals surface area contributed by atoms with Crippen molar-refractivity contribution in [2.24, 2.45) is 7.05 Å². The first kappa shape index (κ1) is 9.64. The third-order valence-corrected chi connectivity index (χ3v) is 2.11. The molecule has 1 heterocycles. The Morgan fingerprint density at radius 3 is 2.60 bits per heavy atom. The molecular weight excluding hydrogens is 202 g/mol. The molecule has 0 spiro atoms. The maximum Gasteiger partial charge on any atom is 0.275 e. The van der Waals surface area contributed by atoms with Gasteiger partial charge in [0.15, 0.2) is 0 Å². The second kappa shape index (κ2) is 3.34. The Kier molecular flexibility index (Phi) is 2.15. The molecule has 0 radical (unpaired) electrons. The summed E-state index contributed by atoms with van der Waals surface area (Å²) in [6.07, 6.45) is 0. The quantitative estimate of drug-likeness (QED) is 0.763. The molecule has 5 heteroatoms. The van der Waals surface area contributed by atoms with Crippen LogP contribution in [0.2, 0.25) is 0 Å². The van der Waals surface area contributed by atoms with E-state index < -0.39 is 17.3 Å². The van der Waals surface area contributed by atoms with Gasteiger partial charge >= 0.3 is 0 Å². The summed E-state index contributed by atoms with van der Waals surface area (Å²) in [4.78, 5) is 11.3. The molecule has 2 aromatic rings. The minimum absolute atomic E-state index is 0.142. The smallest absolute Gasteiger partial charge is 0.267 e. The Morgan fingerprint density at radius 2 is 2.07 bits per heavy atom. The van der Waals surface area contributed by atoms with Gasteiger partial charge in [-0.3, -0.25) is 14.6 Å². The second-order valence-electron chi connectivity index (χ2n) is 3.18. The Morgan fingerprint density at radius 1 is 1.33 bits per heavy atom. The second-order valence-corrected chi connectivity index (χ2v) is 3.18. The Balaban J connectivity index is 2.69. The summed E-state index contributed by atoms with van der Waals surface area (Å²) in [6, 6.07) is 5.26. The minimum atomic E-state index is -0.703. The largest absolute Gasteiger partial charge is 0.275 e. The van der Waals surface area contributed by atoms with E-state index in [2.05, 4.69) is 5.10 Å². The van der Waals surface area contributed by atoms with Crippen LogP contribution in [0.25, 0.3) is 11.1 Å². The van der Waals surface area contributed by atoms with Crippen molar-refractivity contribution < 1.29 is 8.78 Å². The fraction of sp³-hybridized carbons (Fsp3) is 0.100. The summed E-state index contributed by atoms with van der Waals surface area (Å²) in [5.74, 6) is -1.21. The van der Waals surface area contributed by atoms with Crippen LogP contribution in [0, 0.1) is 11.8 Å². The zero-order valence-corrected chi connectivity index (χ0v) is 7.92. The van der Waals surface area contributed by atoms with Crippen LogP contribution in [-0.2, 0) is 7.05 Å².